The molecule has 0 unspecified atom stereocenters. The molecule has 0 aliphatic heterocycles. The van der Waals surface area contributed by atoms with Gasteiger partial charge in [0.2, 0.25) is 5.91 Å². The van der Waals surface area contributed by atoms with Crippen molar-refractivity contribution in [3.05, 3.63) is 57.3 Å². The van der Waals surface area contributed by atoms with Crippen LogP contribution in [0.2, 0.25) is 0 Å². The van der Waals surface area contributed by atoms with Crippen molar-refractivity contribution in [3.63, 3.8) is 0 Å². The number of aryl methyl sites for hydroxylation is 1. The van der Waals surface area contributed by atoms with E-state index in [9.17, 15) is 4.79 Å². The third kappa shape index (κ3) is 2.89. The standard InChI is InChI=1S/C18H19IN2O/c1-13-15(19)9-10-16(20-13)21-17(22)18(11-5-6-12-18)14-7-3-2-4-8-14/h2-4,7-10H,5-6,11-12H2,1H3,(H,20,21,22). The second kappa shape index (κ2) is 6.36. The Morgan fingerprint density at radius 3 is 2.45 bits per heavy atom. The highest BCUT2D eigenvalue weighted by molar-refractivity contribution is 14.1. The van der Waals surface area contributed by atoms with Crippen molar-refractivity contribution in [2.75, 3.05) is 5.32 Å². The van der Waals surface area contributed by atoms with Gasteiger partial charge in [-0.25, -0.2) is 4.98 Å². The summed E-state index contributed by atoms with van der Waals surface area (Å²) < 4.78 is 1.11. The number of carbonyl (C=O) groups is 1. The molecular formula is C18H19IN2O. The minimum atomic E-state index is -0.403. The second-order valence-electron chi connectivity index (χ2n) is 5.87. The molecule has 0 atom stereocenters. The number of hydrogen-bond acceptors (Lipinski definition) is 2. The lowest BCUT2D eigenvalue weighted by molar-refractivity contribution is -0.121. The predicted molar refractivity (Wildman–Crippen MR) is 96.9 cm³/mol. The molecule has 2 aromatic rings. The molecule has 4 heteroatoms. The van der Waals surface area contributed by atoms with E-state index in [1.54, 1.807) is 0 Å². The summed E-state index contributed by atoms with van der Waals surface area (Å²) in [5, 5.41) is 3.04. The first kappa shape index (κ1) is 15.5. The zero-order chi connectivity index (χ0) is 15.6. The van der Waals surface area contributed by atoms with Gasteiger partial charge in [-0.15, -0.1) is 0 Å². The lowest BCUT2D eigenvalue weighted by Gasteiger charge is -2.28. The van der Waals surface area contributed by atoms with Gasteiger partial charge in [0.25, 0.3) is 0 Å². The van der Waals surface area contributed by atoms with Crippen LogP contribution in [0.1, 0.15) is 36.9 Å². The van der Waals surface area contributed by atoms with Crippen LogP contribution in [0, 0.1) is 10.5 Å². The highest BCUT2D eigenvalue weighted by atomic mass is 127. The van der Waals surface area contributed by atoms with Crippen molar-refractivity contribution in [2.45, 2.75) is 38.0 Å². The normalized spacial score (nSPS) is 16.5. The molecule has 114 valence electrons. The topological polar surface area (TPSA) is 42.0 Å². The Bertz CT molecular complexity index is 679. The van der Waals surface area contributed by atoms with E-state index in [2.05, 4.69) is 45.0 Å². The van der Waals surface area contributed by atoms with E-state index in [-0.39, 0.29) is 5.91 Å². The summed E-state index contributed by atoms with van der Waals surface area (Å²) in [6, 6.07) is 14.0. The van der Waals surface area contributed by atoms with Crippen LogP contribution in [0.15, 0.2) is 42.5 Å². The lowest BCUT2D eigenvalue weighted by atomic mass is 9.78. The van der Waals surface area contributed by atoms with Gasteiger partial charge in [-0.05, 0) is 60.1 Å². The lowest BCUT2D eigenvalue weighted by Crippen LogP contribution is -2.38. The summed E-state index contributed by atoms with van der Waals surface area (Å²) in [6.07, 6.45) is 4.02. The highest BCUT2D eigenvalue weighted by Gasteiger charge is 2.42. The van der Waals surface area contributed by atoms with Gasteiger partial charge in [0.1, 0.15) is 5.82 Å². The Morgan fingerprint density at radius 2 is 1.82 bits per heavy atom. The average Bonchev–Trinajstić information content (AvgIpc) is 3.03. The molecule has 1 aliphatic rings. The molecule has 3 rings (SSSR count). The first-order chi connectivity index (χ1) is 10.6. The number of rotatable bonds is 3. The SMILES string of the molecule is Cc1nc(NC(=O)C2(c3ccccc3)CCCC2)ccc1I. The minimum absolute atomic E-state index is 0.0734. The summed E-state index contributed by atoms with van der Waals surface area (Å²) in [5.74, 6) is 0.717. The van der Waals surface area contributed by atoms with E-state index in [0.717, 1.165) is 40.5 Å². The quantitative estimate of drug-likeness (QED) is 0.766. The van der Waals surface area contributed by atoms with Crippen molar-refractivity contribution < 1.29 is 4.79 Å². The van der Waals surface area contributed by atoms with Gasteiger partial charge in [-0.2, -0.15) is 0 Å². The molecule has 1 aromatic carbocycles. The molecule has 3 nitrogen and oxygen atoms in total. The fourth-order valence-electron chi connectivity index (χ4n) is 3.23. The third-order valence-electron chi connectivity index (χ3n) is 4.48. The summed E-state index contributed by atoms with van der Waals surface area (Å²) >= 11 is 2.25. The molecule has 1 aromatic heterocycles. The predicted octanol–water partition coefficient (Wildman–Crippen LogP) is 4.45. The molecule has 0 spiro atoms. The van der Waals surface area contributed by atoms with Crippen molar-refractivity contribution >= 4 is 34.3 Å². The Kier molecular flexibility index (Phi) is 4.47. The summed E-state index contributed by atoms with van der Waals surface area (Å²) in [7, 11) is 0. The van der Waals surface area contributed by atoms with Gasteiger partial charge in [-0.3, -0.25) is 4.79 Å². The molecule has 1 saturated carbocycles. The molecule has 22 heavy (non-hydrogen) atoms. The zero-order valence-corrected chi connectivity index (χ0v) is 14.8. The Hall–Kier alpha value is -1.43. The van der Waals surface area contributed by atoms with Gasteiger partial charge < -0.3 is 5.32 Å². The monoisotopic (exact) mass is 406 g/mol. The van der Waals surface area contributed by atoms with Crippen LogP contribution >= 0.6 is 22.6 Å². The molecule has 1 heterocycles. The Balaban J connectivity index is 1.89. The first-order valence-corrected chi connectivity index (χ1v) is 8.70. The van der Waals surface area contributed by atoms with E-state index in [1.807, 2.05) is 37.3 Å². The number of aromatic nitrogens is 1. The smallest absolute Gasteiger partial charge is 0.236 e. The molecule has 1 fully saturated rings. The van der Waals surface area contributed by atoms with Crippen LogP contribution in [-0.4, -0.2) is 10.9 Å². The van der Waals surface area contributed by atoms with Crippen LogP contribution in [-0.2, 0) is 10.2 Å². The molecule has 0 bridgehead atoms. The maximum atomic E-state index is 13.0. The number of halogens is 1. The van der Waals surface area contributed by atoms with Crippen molar-refractivity contribution in [3.8, 4) is 0 Å². The van der Waals surface area contributed by atoms with Gasteiger partial charge >= 0.3 is 0 Å². The number of benzene rings is 1. The molecule has 1 amide bonds. The van der Waals surface area contributed by atoms with Crippen molar-refractivity contribution in [2.24, 2.45) is 0 Å². The molecule has 1 N–H and O–H groups in total. The average molecular weight is 406 g/mol. The third-order valence-corrected chi connectivity index (χ3v) is 5.62. The van der Waals surface area contributed by atoms with Crippen LogP contribution in [0.25, 0.3) is 0 Å². The maximum Gasteiger partial charge on any atom is 0.236 e. The van der Waals surface area contributed by atoms with E-state index >= 15 is 0 Å². The van der Waals surface area contributed by atoms with E-state index < -0.39 is 5.41 Å². The summed E-state index contributed by atoms with van der Waals surface area (Å²) in [4.78, 5) is 17.4. The zero-order valence-electron chi connectivity index (χ0n) is 12.6. The van der Waals surface area contributed by atoms with E-state index in [1.165, 1.54) is 0 Å². The number of pyridine rings is 1. The van der Waals surface area contributed by atoms with Crippen molar-refractivity contribution in [1.82, 2.24) is 4.98 Å². The molecule has 0 saturated heterocycles. The fourth-order valence-corrected chi connectivity index (χ4v) is 3.53. The number of nitrogens with zero attached hydrogens (tertiary/aromatic N) is 1. The van der Waals surface area contributed by atoms with Crippen LogP contribution in [0.3, 0.4) is 0 Å². The number of carbonyl (C=O) groups excluding carboxylic acids is 1. The first-order valence-electron chi connectivity index (χ1n) is 7.62. The van der Waals surface area contributed by atoms with E-state index in [4.69, 9.17) is 0 Å². The van der Waals surface area contributed by atoms with Crippen LogP contribution in [0.5, 0.6) is 0 Å². The van der Waals surface area contributed by atoms with Crippen LogP contribution < -0.4 is 5.32 Å². The number of anilines is 1. The fraction of sp³-hybridized carbons (Fsp3) is 0.333. The number of nitrogens with one attached hydrogen (secondary N) is 1. The summed E-state index contributed by atoms with van der Waals surface area (Å²) in [6.45, 7) is 1.96. The van der Waals surface area contributed by atoms with Gasteiger partial charge in [0.05, 0.1) is 11.1 Å². The van der Waals surface area contributed by atoms with Gasteiger partial charge in [0.15, 0.2) is 0 Å². The van der Waals surface area contributed by atoms with Gasteiger partial charge in [-0.1, -0.05) is 43.2 Å². The molecule has 1 aliphatic carbocycles. The number of amides is 1. The van der Waals surface area contributed by atoms with Gasteiger partial charge in [0, 0.05) is 3.57 Å². The Morgan fingerprint density at radius 1 is 1.14 bits per heavy atom. The largest absolute Gasteiger partial charge is 0.310 e. The second-order valence-corrected chi connectivity index (χ2v) is 7.04. The maximum absolute atomic E-state index is 13.0. The molecular weight excluding hydrogens is 387 g/mol. The number of hydrogen-bond donors (Lipinski definition) is 1. The Labute approximate surface area is 144 Å². The molecule has 0 radical (unpaired) electrons. The van der Waals surface area contributed by atoms with Crippen LogP contribution in [0.4, 0.5) is 5.82 Å². The van der Waals surface area contributed by atoms with E-state index in [0.29, 0.717) is 5.82 Å². The highest BCUT2D eigenvalue weighted by Crippen LogP contribution is 2.41. The summed E-state index contributed by atoms with van der Waals surface area (Å²) in [5.41, 5.74) is 1.66. The minimum Gasteiger partial charge on any atom is -0.310 e. The van der Waals surface area contributed by atoms with Crippen molar-refractivity contribution in [1.29, 1.82) is 0 Å².